The van der Waals surface area contributed by atoms with Crippen molar-refractivity contribution in [2.45, 2.75) is 32.9 Å². The molecule has 1 saturated heterocycles. The summed E-state index contributed by atoms with van der Waals surface area (Å²) < 4.78 is 0. The minimum atomic E-state index is 0. The van der Waals surface area contributed by atoms with Gasteiger partial charge in [0, 0.05) is 30.6 Å². The SMILES string of the molecule is Cc1ncsc1CN1CCC(N)C(C)C1.Cl.Cl. The third kappa shape index (κ3) is 4.38. The Morgan fingerprint density at radius 1 is 1.53 bits per heavy atom. The van der Waals surface area contributed by atoms with Gasteiger partial charge in [-0.1, -0.05) is 6.92 Å². The average Bonchev–Trinajstić information content (AvgIpc) is 2.59. The zero-order valence-electron chi connectivity index (χ0n) is 10.3. The van der Waals surface area contributed by atoms with Crippen molar-refractivity contribution in [2.24, 2.45) is 11.7 Å². The molecule has 1 aromatic heterocycles. The summed E-state index contributed by atoms with van der Waals surface area (Å²) in [5.74, 6) is 0.618. The van der Waals surface area contributed by atoms with Crippen molar-refractivity contribution in [1.29, 1.82) is 0 Å². The van der Waals surface area contributed by atoms with E-state index in [9.17, 15) is 0 Å². The van der Waals surface area contributed by atoms with Crippen LogP contribution in [0.3, 0.4) is 0 Å². The van der Waals surface area contributed by atoms with Crippen LogP contribution >= 0.6 is 36.2 Å². The lowest BCUT2D eigenvalue weighted by atomic mass is 9.95. The molecule has 3 nitrogen and oxygen atoms in total. The molecular formula is C11H21Cl2N3S. The highest BCUT2D eigenvalue weighted by Gasteiger charge is 2.23. The van der Waals surface area contributed by atoms with Crippen molar-refractivity contribution < 1.29 is 0 Å². The molecule has 0 aromatic carbocycles. The van der Waals surface area contributed by atoms with Gasteiger partial charge < -0.3 is 5.73 Å². The van der Waals surface area contributed by atoms with Crippen LogP contribution in [0.5, 0.6) is 0 Å². The van der Waals surface area contributed by atoms with E-state index < -0.39 is 0 Å². The second-order valence-corrected chi connectivity index (χ2v) is 5.47. The maximum atomic E-state index is 6.01. The Kier molecular flexibility index (Phi) is 7.60. The lowest BCUT2D eigenvalue weighted by molar-refractivity contribution is 0.158. The van der Waals surface area contributed by atoms with Gasteiger partial charge in [0.1, 0.15) is 0 Å². The van der Waals surface area contributed by atoms with Crippen LogP contribution in [0, 0.1) is 12.8 Å². The molecule has 0 saturated carbocycles. The van der Waals surface area contributed by atoms with Crippen molar-refractivity contribution in [3.8, 4) is 0 Å². The first-order valence-corrected chi connectivity index (χ1v) is 6.41. The van der Waals surface area contributed by atoms with Gasteiger partial charge in [-0.05, 0) is 19.3 Å². The highest BCUT2D eigenvalue weighted by atomic mass is 35.5. The van der Waals surface area contributed by atoms with Gasteiger partial charge in [-0.25, -0.2) is 4.98 Å². The Bertz CT molecular complexity index is 332. The first kappa shape index (κ1) is 17.1. The van der Waals surface area contributed by atoms with E-state index in [2.05, 4.69) is 23.7 Å². The highest BCUT2D eigenvalue weighted by Crippen LogP contribution is 2.20. The zero-order valence-corrected chi connectivity index (χ0v) is 12.7. The number of hydrogen-bond donors (Lipinski definition) is 1. The van der Waals surface area contributed by atoms with Gasteiger partial charge in [0.05, 0.1) is 11.2 Å². The van der Waals surface area contributed by atoms with E-state index in [1.807, 2.05) is 5.51 Å². The molecule has 0 radical (unpaired) electrons. The minimum absolute atomic E-state index is 0. The molecule has 2 N–H and O–H groups in total. The van der Waals surface area contributed by atoms with Crippen LogP contribution in [0.1, 0.15) is 23.9 Å². The van der Waals surface area contributed by atoms with E-state index in [4.69, 9.17) is 5.73 Å². The van der Waals surface area contributed by atoms with Gasteiger partial charge in [0.2, 0.25) is 0 Å². The lowest BCUT2D eigenvalue weighted by Gasteiger charge is -2.34. The third-order valence-electron chi connectivity index (χ3n) is 3.27. The maximum Gasteiger partial charge on any atom is 0.0798 e. The number of piperidine rings is 1. The molecule has 100 valence electrons. The molecule has 0 spiro atoms. The molecule has 0 bridgehead atoms. The summed E-state index contributed by atoms with van der Waals surface area (Å²) in [5, 5.41) is 0. The Morgan fingerprint density at radius 2 is 2.24 bits per heavy atom. The van der Waals surface area contributed by atoms with Crippen LogP contribution in [0.4, 0.5) is 0 Å². The molecule has 1 fully saturated rings. The van der Waals surface area contributed by atoms with Crippen molar-refractivity contribution in [2.75, 3.05) is 13.1 Å². The normalized spacial score (nSPS) is 24.9. The number of likely N-dealkylation sites (tertiary alicyclic amines) is 1. The number of aromatic nitrogens is 1. The molecule has 2 rings (SSSR count). The largest absolute Gasteiger partial charge is 0.327 e. The third-order valence-corrected chi connectivity index (χ3v) is 4.19. The van der Waals surface area contributed by atoms with E-state index >= 15 is 0 Å². The van der Waals surface area contributed by atoms with Crippen molar-refractivity contribution in [3.05, 3.63) is 16.1 Å². The molecule has 0 amide bonds. The number of hydrogen-bond acceptors (Lipinski definition) is 4. The molecule has 17 heavy (non-hydrogen) atoms. The highest BCUT2D eigenvalue weighted by molar-refractivity contribution is 7.09. The van der Waals surface area contributed by atoms with Crippen LogP contribution < -0.4 is 5.73 Å². The van der Waals surface area contributed by atoms with Gasteiger partial charge in [0.25, 0.3) is 0 Å². The van der Waals surface area contributed by atoms with E-state index in [-0.39, 0.29) is 24.8 Å². The standard InChI is InChI=1S/C11H19N3S.2ClH/c1-8-5-14(4-3-10(8)12)6-11-9(2)13-7-15-11;;/h7-8,10H,3-6,12H2,1-2H3;2*1H. The van der Waals surface area contributed by atoms with E-state index in [0.29, 0.717) is 12.0 Å². The lowest BCUT2D eigenvalue weighted by Crippen LogP contribution is -2.45. The van der Waals surface area contributed by atoms with Crippen molar-refractivity contribution >= 4 is 36.2 Å². The van der Waals surface area contributed by atoms with Gasteiger partial charge in [-0.3, -0.25) is 4.90 Å². The molecule has 0 aliphatic carbocycles. The second kappa shape index (κ2) is 7.54. The quantitative estimate of drug-likeness (QED) is 0.912. The Balaban J connectivity index is 0.00000128. The van der Waals surface area contributed by atoms with Crippen LogP contribution in [-0.4, -0.2) is 29.0 Å². The summed E-state index contributed by atoms with van der Waals surface area (Å²) in [6, 6.07) is 0.392. The van der Waals surface area contributed by atoms with E-state index in [0.717, 1.165) is 26.1 Å². The zero-order chi connectivity index (χ0) is 10.8. The minimum Gasteiger partial charge on any atom is -0.327 e. The van der Waals surface area contributed by atoms with Crippen molar-refractivity contribution in [3.63, 3.8) is 0 Å². The average molecular weight is 298 g/mol. The fraction of sp³-hybridized carbons (Fsp3) is 0.727. The summed E-state index contributed by atoms with van der Waals surface area (Å²) in [7, 11) is 0. The number of halogens is 2. The topological polar surface area (TPSA) is 42.2 Å². The number of rotatable bonds is 2. The monoisotopic (exact) mass is 297 g/mol. The van der Waals surface area contributed by atoms with Crippen LogP contribution in [-0.2, 0) is 6.54 Å². The van der Waals surface area contributed by atoms with Gasteiger partial charge in [-0.15, -0.1) is 36.2 Å². The van der Waals surface area contributed by atoms with Crippen LogP contribution in [0.25, 0.3) is 0 Å². The molecule has 6 heteroatoms. The second-order valence-electron chi connectivity index (χ2n) is 4.53. The summed E-state index contributed by atoms with van der Waals surface area (Å²) in [6.45, 7) is 7.64. The molecule has 2 unspecified atom stereocenters. The molecule has 2 atom stereocenters. The number of aryl methyl sites for hydroxylation is 1. The Hall–Kier alpha value is 0.130. The Morgan fingerprint density at radius 3 is 2.76 bits per heavy atom. The predicted molar refractivity (Wildman–Crippen MR) is 78.4 cm³/mol. The summed E-state index contributed by atoms with van der Waals surface area (Å²) >= 11 is 1.76. The molecule has 2 heterocycles. The number of nitrogens with two attached hydrogens (primary N) is 1. The Labute approximate surface area is 120 Å². The number of thiazole rings is 1. The van der Waals surface area contributed by atoms with Crippen LogP contribution in [0.2, 0.25) is 0 Å². The number of nitrogens with zero attached hydrogens (tertiary/aromatic N) is 2. The fourth-order valence-corrected chi connectivity index (χ4v) is 2.89. The summed E-state index contributed by atoms with van der Waals surface area (Å²) in [4.78, 5) is 8.18. The smallest absolute Gasteiger partial charge is 0.0798 e. The van der Waals surface area contributed by atoms with Crippen LogP contribution in [0.15, 0.2) is 5.51 Å². The molecule has 1 aliphatic rings. The van der Waals surface area contributed by atoms with E-state index in [1.54, 1.807) is 11.3 Å². The molecule has 1 aromatic rings. The molecular weight excluding hydrogens is 277 g/mol. The fourth-order valence-electron chi connectivity index (χ4n) is 2.07. The first-order chi connectivity index (χ1) is 7.16. The predicted octanol–water partition coefficient (Wildman–Crippen LogP) is 2.46. The van der Waals surface area contributed by atoms with Gasteiger partial charge in [-0.2, -0.15) is 0 Å². The van der Waals surface area contributed by atoms with Gasteiger partial charge in [0.15, 0.2) is 0 Å². The summed E-state index contributed by atoms with van der Waals surface area (Å²) in [6.07, 6.45) is 1.12. The maximum absolute atomic E-state index is 6.01. The van der Waals surface area contributed by atoms with Gasteiger partial charge >= 0.3 is 0 Å². The summed E-state index contributed by atoms with van der Waals surface area (Å²) in [5.41, 5.74) is 9.12. The first-order valence-electron chi connectivity index (χ1n) is 5.53. The molecule has 1 aliphatic heterocycles. The van der Waals surface area contributed by atoms with Crippen molar-refractivity contribution in [1.82, 2.24) is 9.88 Å². The van der Waals surface area contributed by atoms with E-state index in [1.165, 1.54) is 10.6 Å².